The minimum absolute atomic E-state index is 0.407. The van der Waals surface area contributed by atoms with Gasteiger partial charge in [0.1, 0.15) is 5.75 Å². The van der Waals surface area contributed by atoms with Crippen LogP contribution in [0.5, 0.6) is 5.75 Å². The molecule has 0 aromatic heterocycles. The van der Waals surface area contributed by atoms with E-state index in [1.807, 2.05) is 24.3 Å². The van der Waals surface area contributed by atoms with Crippen LogP contribution in [0.4, 0.5) is 0 Å². The lowest BCUT2D eigenvalue weighted by Gasteiger charge is -2.13. The largest absolute Gasteiger partial charge is 0.496 e. The molecular weight excluding hydrogens is 316 g/mol. The Hall–Kier alpha value is -1.80. The number of aliphatic imine (C=N–C) groups is 1. The molecule has 0 spiro atoms. The standard InChI is InChI=1S/C15H26N4O3S/c1-16-15(17-10-6-11-19-23(3,20)21)18-12-9-13-7-4-5-8-14(13)22-2/h4-5,7-8,19H,6,9-12H2,1-3H3,(H2,16,17,18). The van der Waals surface area contributed by atoms with E-state index in [2.05, 4.69) is 20.3 Å². The van der Waals surface area contributed by atoms with E-state index in [1.165, 1.54) is 0 Å². The second kappa shape index (κ2) is 10.1. The number of para-hydroxylation sites is 1. The molecule has 3 N–H and O–H groups in total. The van der Waals surface area contributed by atoms with Gasteiger partial charge in [-0.2, -0.15) is 0 Å². The van der Waals surface area contributed by atoms with Gasteiger partial charge in [-0.1, -0.05) is 18.2 Å². The molecular formula is C15H26N4O3S. The second-order valence-electron chi connectivity index (χ2n) is 5.01. The summed E-state index contributed by atoms with van der Waals surface area (Å²) in [5, 5.41) is 6.36. The van der Waals surface area contributed by atoms with Crippen molar-refractivity contribution in [2.75, 3.05) is 40.0 Å². The number of hydrogen-bond acceptors (Lipinski definition) is 4. The number of nitrogens with one attached hydrogen (secondary N) is 3. The van der Waals surface area contributed by atoms with Crippen LogP contribution in [-0.4, -0.2) is 54.4 Å². The molecule has 0 unspecified atom stereocenters. The Labute approximate surface area is 138 Å². The summed E-state index contributed by atoms with van der Waals surface area (Å²) in [6, 6.07) is 7.91. The van der Waals surface area contributed by atoms with Gasteiger partial charge in [-0.25, -0.2) is 13.1 Å². The lowest BCUT2D eigenvalue weighted by molar-refractivity contribution is 0.409. The number of ether oxygens (including phenoxy) is 1. The fourth-order valence-corrected chi connectivity index (χ4v) is 2.51. The van der Waals surface area contributed by atoms with Crippen molar-refractivity contribution in [1.82, 2.24) is 15.4 Å². The summed E-state index contributed by atoms with van der Waals surface area (Å²) in [5.74, 6) is 1.57. The summed E-state index contributed by atoms with van der Waals surface area (Å²) in [4.78, 5) is 4.13. The first-order valence-electron chi connectivity index (χ1n) is 7.47. The lowest BCUT2D eigenvalue weighted by atomic mass is 10.1. The van der Waals surface area contributed by atoms with Gasteiger partial charge < -0.3 is 15.4 Å². The third-order valence-corrected chi connectivity index (χ3v) is 3.84. The number of rotatable bonds is 9. The van der Waals surface area contributed by atoms with Gasteiger partial charge in [0.25, 0.3) is 0 Å². The number of guanidine groups is 1. The van der Waals surface area contributed by atoms with Crippen LogP contribution in [0.25, 0.3) is 0 Å². The predicted octanol–water partition coefficient (Wildman–Crippen LogP) is 0.342. The van der Waals surface area contributed by atoms with Gasteiger partial charge in [-0.3, -0.25) is 4.99 Å². The first-order chi connectivity index (χ1) is 11.0. The molecule has 0 heterocycles. The summed E-state index contributed by atoms with van der Waals surface area (Å²) < 4.78 is 29.6. The average Bonchev–Trinajstić information content (AvgIpc) is 2.52. The Kier molecular flexibility index (Phi) is 8.42. The van der Waals surface area contributed by atoms with E-state index >= 15 is 0 Å². The van der Waals surface area contributed by atoms with E-state index in [9.17, 15) is 8.42 Å². The molecule has 0 atom stereocenters. The van der Waals surface area contributed by atoms with E-state index in [-0.39, 0.29) is 0 Å². The van der Waals surface area contributed by atoms with Gasteiger partial charge in [0.05, 0.1) is 13.4 Å². The monoisotopic (exact) mass is 342 g/mol. The fraction of sp³-hybridized carbons (Fsp3) is 0.533. The van der Waals surface area contributed by atoms with Crippen LogP contribution in [0, 0.1) is 0 Å². The highest BCUT2D eigenvalue weighted by atomic mass is 32.2. The van der Waals surface area contributed by atoms with Crippen LogP contribution in [-0.2, 0) is 16.4 Å². The van der Waals surface area contributed by atoms with E-state index in [4.69, 9.17) is 4.74 Å². The molecule has 0 aliphatic carbocycles. The Morgan fingerprint density at radius 3 is 2.52 bits per heavy atom. The van der Waals surface area contributed by atoms with Gasteiger partial charge in [-0.15, -0.1) is 0 Å². The molecule has 7 nitrogen and oxygen atoms in total. The molecule has 23 heavy (non-hydrogen) atoms. The maximum Gasteiger partial charge on any atom is 0.208 e. The molecule has 0 fully saturated rings. The van der Waals surface area contributed by atoms with Crippen molar-refractivity contribution in [3.63, 3.8) is 0 Å². The molecule has 8 heteroatoms. The first-order valence-corrected chi connectivity index (χ1v) is 9.36. The molecule has 0 amide bonds. The third kappa shape index (κ3) is 8.41. The summed E-state index contributed by atoms with van der Waals surface area (Å²) in [6.07, 6.45) is 2.65. The van der Waals surface area contributed by atoms with E-state index < -0.39 is 10.0 Å². The second-order valence-corrected chi connectivity index (χ2v) is 6.84. The van der Waals surface area contributed by atoms with Crippen LogP contribution < -0.4 is 20.1 Å². The Morgan fingerprint density at radius 2 is 1.87 bits per heavy atom. The molecule has 0 bridgehead atoms. The Bertz CT molecular complexity index is 602. The Balaban J connectivity index is 2.26. The molecule has 1 aromatic carbocycles. The zero-order valence-corrected chi connectivity index (χ0v) is 14.7. The van der Waals surface area contributed by atoms with Crippen molar-refractivity contribution in [2.45, 2.75) is 12.8 Å². The van der Waals surface area contributed by atoms with Gasteiger partial charge in [0.2, 0.25) is 10.0 Å². The van der Waals surface area contributed by atoms with Crippen LogP contribution >= 0.6 is 0 Å². The van der Waals surface area contributed by atoms with Crippen molar-refractivity contribution in [3.05, 3.63) is 29.8 Å². The van der Waals surface area contributed by atoms with Gasteiger partial charge in [0.15, 0.2) is 5.96 Å². The highest BCUT2D eigenvalue weighted by molar-refractivity contribution is 7.88. The van der Waals surface area contributed by atoms with Crippen molar-refractivity contribution in [2.24, 2.45) is 4.99 Å². The Morgan fingerprint density at radius 1 is 1.17 bits per heavy atom. The highest BCUT2D eigenvalue weighted by Gasteiger charge is 2.03. The van der Waals surface area contributed by atoms with Crippen LogP contribution in [0.15, 0.2) is 29.3 Å². The number of hydrogen-bond donors (Lipinski definition) is 3. The summed E-state index contributed by atoms with van der Waals surface area (Å²) in [5.41, 5.74) is 1.13. The van der Waals surface area contributed by atoms with E-state index in [0.29, 0.717) is 25.5 Å². The maximum atomic E-state index is 10.9. The van der Waals surface area contributed by atoms with Gasteiger partial charge >= 0.3 is 0 Å². The average molecular weight is 342 g/mol. The maximum absolute atomic E-state index is 10.9. The van der Waals surface area contributed by atoms with Crippen LogP contribution in [0.3, 0.4) is 0 Å². The summed E-state index contributed by atoms with van der Waals surface area (Å²) >= 11 is 0. The third-order valence-electron chi connectivity index (χ3n) is 3.11. The highest BCUT2D eigenvalue weighted by Crippen LogP contribution is 2.17. The molecule has 130 valence electrons. The van der Waals surface area contributed by atoms with E-state index in [1.54, 1.807) is 14.2 Å². The lowest BCUT2D eigenvalue weighted by Crippen LogP contribution is -2.39. The van der Waals surface area contributed by atoms with Crippen molar-refractivity contribution in [1.29, 1.82) is 0 Å². The molecule has 1 aromatic rings. The number of benzene rings is 1. The number of sulfonamides is 1. The number of methoxy groups -OCH3 is 1. The molecule has 0 saturated carbocycles. The van der Waals surface area contributed by atoms with Gasteiger partial charge in [0, 0.05) is 26.7 Å². The fourth-order valence-electron chi connectivity index (χ4n) is 2.00. The van der Waals surface area contributed by atoms with Crippen molar-refractivity contribution < 1.29 is 13.2 Å². The minimum Gasteiger partial charge on any atom is -0.496 e. The van der Waals surface area contributed by atoms with Crippen molar-refractivity contribution in [3.8, 4) is 5.75 Å². The van der Waals surface area contributed by atoms with Crippen LogP contribution in [0.2, 0.25) is 0 Å². The van der Waals surface area contributed by atoms with Crippen molar-refractivity contribution >= 4 is 16.0 Å². The SMILES string of the molecule is CN=C(NCCCNS(C)(=O)=O)NCCc1ccccc1OC. The van der Waals surface area contributed by atoms with E-state index in [0.717, 1.165) is 30.5 Å². The predicted molar refractivity (Wildman–Crippen MR) is 93.5 cm³/mol. The smallest absolute Gasteiger partial charge is 0.208 e. The number of nitrogens with zero attached hydrogens (tertiary/aromatic N) is 1. The molecule has 0 aliphatic rings. The summed E-state index contributed by atoms with van der Waals surface area (Å²) in [7, 11) is 0.248. The molecule has 0 saturated heterocycles. The topological polar surface area (TPSA) is 91.8 Å². The van der Waals surface area contributed by atoms with Crippen LogP contribution in [0.1, 0.15) is 12.0 Å². The zero-order valence-electron chi connectivity index (χ0n) is 13.9. The summed E-state index contributed by atoms with van der Waals surface area (Å²) in [6.45, 7) is 1.77. The minimum atomic E-state index is -3.12. The van der Waals surface area contributed by atoms with Gasteiger partial charge in [-0.05, 0) is 24.5 Å². The quantitative estimate of drug-likeness (QED) is 0.342. The molecule has 0 aliphatic heterocycles. The molecule has 0 radical (unpaired) electrons. The first kappa shape index (κ1) is 19.2. The molecule has 1 rings (SSSR count). The zero-order chi connectivity index (χ0) is 17.1. The normalized spacial score (nSPS) is 12.0.